The van der Waals surface area contributed by atoms with Crippen molar-refractivity contribution in [3.8, 4) is 0 Å². The Labute approximate surface area is 60.5 Å². The number of hydrogen-bond donors (Lipinski definition) is 0. The van der Waals surface area contributed by atoms with Crippen LogP contribution in [0.2, 0.25) is 19.6 Å². The number of hydrogen-bond acceptors (Lipinski definition) is 3. The van der Waals surface area contributed by atoms with Gasteiger partial charge < -0.3 is 12.3 Å². The van der Waals surface area contributed by atoms with E-state index in [2.05, 4.69) is 0 Å². The molecule has 1 heterocycles. The van der Waals surface area contributed by atoms with Gasteiger partial charge >= 0.3 is 27.9 Å². The highest BCUT2D eigenvalue weighted by Gasteiger charge is 2.33. The minimum atomic E-state index is -1.72. The van der Waals surface area contributed by atoms with Gasteiger partial charge in [-0.1, -0.05) is 0 Å². The van der Waals surface area contributed by atoms with Crippen LogP contribution in [-0.4, -0.2) is 27.9 Å². The lowest BCUT2D eigenvalue weighted by Gasteiger charge is -2.30. The molecule has 0 unspecified atom stereocenters. The van der Waals surface area contributed by atoms with Crippen molar-refractivity contribution >= 4 is 27.9 Å². The summed E-state index contributed by atoms with van der Waals surface area (Å²) >= 11 is 0. The second-order valence-electron chi connectivity index (χ2n) is 2.28. The van der Waals surface area contributed by atoms with E-state index in [0.29, 0.717) is 0 Å². The molecule has 0 aromatic carbocycles. The quantitative estimate of drug-likeness (QED) is 0.502. The highest BCUT2D eigenvalue weighted by molar-refractivity contribution is 6.78. The normalized spacial score (nSPS) is 28.3. The first-order chi connectivity index (χ1) is 4.10. The maximum Gasteiger partial charge on any atom is 0.413 e. The second kappa shape index (κ2) is 2.64. The van der Waals surface area contributed by atoms with Gasteiger partial charge in [0, 0.05) is 0 Å². The highest BCUT2D eigenvalue weighted by Crippen LogP contribution is 2.12. The van der Waals surface area contributed by atoms with Crippen LogP contribution in [0.1, 0.15) is 0 Å². The standard InChI is InChI=1S/C3H9O3Si3/c1-8-4-7-5-9(2,3)6-8/h1-3H3. The van der Waals surface area contributed by atoms with Gasteiger partial charge in [0.05, 0.1) is 0 Å². The summed E-state index contributed by atoms with van der Waals surface area (Å²) in [6.45, 7) is 6.07. The Bertz CT molecular complexity index is 106. The van der Waals surface area contributed by atoms with E-state index in [9.17, 15) is 0 Å². The van der Waals surface area contributed by atoms with E-state index < -0.39 is 17.8 Å². The molecule has 0 aromatic heterocycles. The first-order valence-electron chi connectivity index (χ1n) is 2.72. The fourth-order valence-corrected chi connectivity index (χ4v) is 6.23. The van der Waals surface area contributed by atoms with Gasteiger partial charge in [-0.25, -0.2) is 0 Å². The summed E-state index contributed by atoms with van der Waals surface area (Å²) in [6, 6.07) is 0. The van der Waals surface area contributed by atoms with Crippen LogP contribution in [0.3, 0.4) is 0 Å². The summed E-state index contributed by atoms with van der Waals surface area (Å²) in [7, 11) is -2.46. The van der Waals surface area contributed by atoms with Crippen molar-refractivity contribution in [1.82, 2.24) is 0 Å². The van der Waals surface area contributed by atoms with Crippen LogP contribution in [0, 0.1) is 0 Å². The summed E-state index contributed by atoms with van der Waals surface area (Å²) in [5.41, 5.74) is 0. The molecule has 0 bridgehead atoms. The summed E-state index contributed by atoms with van der Waals surface area (Å²) in [5.74, 6) is 0. The van der Waals surface area contributed by atoms with Crippen molar-refractivity contribution in [2.45, 2.75) is 19.6 Å². The third-order valence-corrected chi connectivity index (χ3v) is 7.76. The van der Waals surface area contributed by atoms with Crippen LogP contribution < -0.4 is 0 Å². The molecule has 0 aromatic rings. The van der Waals surface area contributed by atoms with Crippen LogP contribution in [-0.2, 0) is 12.3 Å². The van der Waals surface area contributed by atoms with E-state index in [1.807, 2.05) is 19.6 Å². The van der Waals surface area contributed by atoms with Gasteiger partial charge in [-0.05, 0) is 19.6 Å². The van der Waals surface area contributed by atoms with Gasteiger partial charge in [-0.2, -0.15) is 0 Å². The Morgan fingerprint density at radius 1 is 1.44 bits per heavy atom. The molecule has 1 rings (SSSR count). The molecule has 0 aliphatic carbocycles. The smallest absolute Gasteiger partial charge is 0.413 e. The van der Waals surface area contributed by atoms with E-state index in [1.165, 1.54) is 0 Å². The molecule has 3 nitrogen and oxygen atoms in total. The van der Waals surface area contributed by atoms with Crippen molar-refractivity contribution < 1.29 is 12.3 Å². The lowest BCUT2D eigenvalue weighted by Crippen LogP contribution is -2.48. The lowest BCUT2D eigenvalue weighted by atomic mass is 11.9. The minimum Gasteiger partial charge on any atom is -0.415 e. The third kappa shape index (κ3) is 2.32. The SMILES string of the molecule is C[Si]1O[Si]O[Si](C)(C)O1. The molecular formula is C3H9O3Si3. The van der Waals surface area contributed by atoms with Crippen LogP contribution in [0.4, 0.5) is 0 Å². The molecule has 3 radical (unpaired) electrons. The summed E-state index contributed by atoms with van der Waals surface area (Å²) in [5, 5.41) is 0. The zero-order valence-electron chi connectivity index (χ0n) is 5.72. The van der Waals surface area contributed by atoms with Gasteiger partial charge in [-0.15, -0.1) is 0 Å². The van der Waals surface area contributed by atoms with Crippen LogP contribution in [0.25, 0.3) is 0 Å². The van der Waals surface area contributed by atoms with Gasteiger partial charge in [0.2, 0.25) is 0 Å². The predicted octanol–water partition coefficient (Wildman–Crippen LogP) is 0.404. The van der Waals surface area contributed by atoms with Gasteiger partial charge in [0.1, 0.15) is 0 Å². The molecular weight excluding hydrogens is 168 g/mol. The average Bonchev–Trinajstić information content (AvgIpc) is 1.60. The topological polar surface area (TPSA) is 27.7 Å². The first-order valence-corrected chi connectivity index (χ1v) is 8.17. The van der Waals surface area contributed by atoms with Crippen LogP contribution >= 0.6 is 0 Å². The van der Waals surface area contributed by atoms with E-state index in [4.69, 9.17) is 12.3 Å². The summed E-state index contributed by atoms with van der Waals surface area (Å²) < 4.78 is 15.9. The average molecular weight is 177 g/mol. The number of rotatable bonds is 0. The zero-order chi connectivity index (χ0) is 6.91. The molecule has 51 valence electrons. The minimum absolute atomic E-state index is 0.215. The second-order valence-corrected chi connectivity index (χ2v) is 8.68. The van der Waals surface area contributed by atoms with E-state index in [-0.39, 0.29) is 10.0 Å². The summed E-state index contributed by atoms with van der Waals surface area (Å²) in [4.78, 5) is 0. The third-order valence-electron chi connectivity index (χ3n) is 0.862. The predicted molar refractivity (Wildman–Crippen MR) is 38.1 cm³/mol. The van der Waals surface area contributed by atoms with E-state index in [0.717, 1.165) is 0 Å². The van der Waals surface area contributed by atoms with Crippen molar-refractivity contribution in [3.05, 3.63) is 0 Å². The summed E-state index contributed by atoms with van der Waals surface area (Å²) in [6.07, 6.45) is 0. The molecule has 0 amide bonds. The molecule has 0 saturated carbocycles. The maximum atomic E-state index is 5.48. The molecule has 9 heavy (non-hydrogen) atoms. The van der Waals surface area contributed by atoms with E-state index in [1.54, 1.807) is 0 Å². The fraction of sp³-hybridized carbons (Fsp3) is 1.00. The van der Waals surface area contributed by atoms with E-state index >= 15 is 0 Å². The van der Waals surface area contributed by atoms with Gasteiger partial charge in [-0.3, -0.25) is 0 Å². The molecule has 1 aliphatic rings. The zero-order valence-corrected chi connectivity index (χ0v) is 8.72. The Morgan fingerprint density at radius 3 is 2.44 bits per heavy atom. The van der Waals surface area contributed by atoms with Crippen LogP contribution in [0.5, 0.6) is 0 Å². The van der Waals surface area contributed by atoms with Crippen molar-refractivity contribution in [2.75, 3.05) is 0 Å². The molecule has 1 fully saturated rings. The van der Waals surface area contributed by atoms with Gasteiger partial charge in [0.15, 0.2) is 0 Å². The van der Waals surface area contributed by atoms with Gasteiger partial charge in [0.25, 0.3) is 0 Å². The maximum absolute atomic E-state index is 5.48. The molecule has 0 N–H and O–H groups in total. The fourth-order valence-electron chi connectivity index (χ4n) is 0.568. The van der Waals surface area contributed by atoms with Crippen molar-refractivity contribution in [1.29, 1.82) is 0 Å². The highest BCUT2D eigenvalue weighted by atomic mass is 28.5. The van der Waals surface area contributed by atoms with Crippen molar-refractivity contribution in [3.63, 3.8) is 0 Å². The lowest BCUT2D eigenvalue weighted by molar-refractivity contribution is 0.290. The molecule has 6 heteroatoms. The Morgan fingerprint density at radius 2 is 2.11 bits per heavy atom. The largest absolute Gasteiger partial charge is 0.415 e. The molecule has 1 saturated heterocycles. The Kier molecular flexibility index (Phi) is 2.24. The first kappa shape index (κ1) is 7.64. The van der Waals surface area contributed by atoms with Crippen LogP contribution in [0.15, 0.2) is 0 Å². The molecule has 1 aliphatic heterocycles. The molecule has 0 spiro atoms. The van der Waals surface area contributed by atoms with Crippen molar-refractivity contribution in [2.24, 2.45) is 0 Å². The Balaban J connectivity index is 2.41. The Hall–Kier alpha value is 0.531. The molecule has 0 atom stereocenters. The monoisotopic (exact) mass is 177 g/mol.